The smallest absolute Gasteiger partial charge is 0.265 e. The Kier molecular flexibility index (Phi) is 4.79. The number of hydrogen-bond acceptors (Lipinski definition) is 3. The first-order valence-electron chi connectivity index (χ1n) is 4.97. The Labute approximate surface area is 139 Å². The van der Waals surface area contributed by atoms with E-state index in [1.54, 1.807) is 24.3 Å². The van der Waals surface area contributed by atoms with E-state index in [-0.39, 0.29) is 5.91 Å². The largest absolute Gasteiger partial charge is 0.320 e. The van der Waals surface area contributed by atoms with Crippen LogP contribution in [0.1, 0.15) is 15.2 Å². The summed E-state index contributed by atoms with van der Waals surface area (Å²) in [6.45, 7) is 0. The van der Waals surface area contributed by atoms with E-state index in [1.165, 1.54) is 11.3 Å². The summed E-state index contributed by atoms with van der Waals surface area (Å²) in [7, 11) is 0. The van der Waals surface area contributed by atoms with E-state index in [0.29, 0.717) is 16.1 Å². The minimum absolute atomic E-state index is 0.241. The Bertz CT molecular complexity index is 671. The first kappa shape index (κ1) is 14.7. The average Bonchev–Trinajstić information content (AvgIpc) is 2.72. The summed E-state index contributed by atoms with van der Waals surface area (Å²) in [6, 6.07) is 8.91. The first-order valence-corrected chi connectivity index (χ1v) is 8.16. The van der Waals surface area contributed by atoms with Crippen LogP contribution < -0.4 is 5.32 Å². The fourth-order valence-electron chi connectivity index (χ4n) is 1.36. The third-order valence-electron chi connectivity index (χ3n) is 2.22. The van der Waals surface area contributed by atoms with E-state index in [2.05, 4.69) is 53.1 Å². The standard InChI is InChI=1S/C12H5Br3N2OS/c13-7-1-2-9(6(3-7)5-16)17-12(18)10-4-8(14)11(15)19-10/h1-4H,(H,17,18). The van der Waals surface area contributed by atoms with Crippen molar-refractivity contribution < 1.29 is 4.79 Å². The molecular formula is C12H5Br3N2OS. The molecule has 2 rings (SSSR count). The number of amides is 1. The van der Waals surface area contributed by atoms with Crippen LogP contribution in [0.25, 0.3) is 0 Å². The van der Waals surface area contributed by atoms with E-state index in [0.717, 1.165) is 12.7 Å². The molecule has 1 amide bonds. The molecule has 2 aromatic rings. The number of anilines is 1. The van der Waals surface area contributed by atoms with Crippen LogP contribution in [0, 0.1) is 11.3 Å². The van der Waals surface area contributed by atoms with Crippen LogP contribution in [-0.2, 0) is 0 Å². The molecule has 0 spiro atoms. The third-order valence-corrected chi connectivity index (χ3v) is 5.97. The molecule has 96 valence electrons. The van der Waals surface area contributed by atoms with Gasteiger partial charge in [0.05, 0.1) is 19.9 Å². The summed E-state index contributed by atoms with van der Waals surface area (Å²) in [5.74, 6) is -0.241. The van der Waals surface area contributed by atoms with Gasteiger partial charge in [-0.15, -0.1) is 11.3 Å². The van der Waals surface area contributed by atoms with Crippen LogP contribution >= 0.6 is 59.1 Å². The highest BCUT2D eigenvalue weighted by Gasteiger charge is 2.13. The van der Waals surface area contributed by atoms with Crippen molar-refractivity contribution in [2.75, 3.05) is 5.32 Å². The number of nitriles is 1. The maximum Gasteiger partial charge on any atom is 0.265 e. The minimum atomic E-state index is -0.241. The summed E-state index contributed by atoms with van der Waals surface area (Å²) in [6.07, 6.45) is 0. The van der Waals surface area contributed by atoms with Gasteiger partial charge in [0.2, 0.25) is 0 Å². The van der Waals surface area contributed by atoms with E-state index >= 15 is 0 Å². The molecule has 0 atom stereocenters. The lowest BCUT2D eigenvalue weighted by atomic mass is 10.2. The van der Waals surface area contributed by atoms with Crippen molar-refractivity contribution >= 4 is 70.7 Å². The van der Waals surface area contributed by atoms with Gasteiger partial charge in [0.1, 0.15) is 6.07 Å². The second-order valence-electron chi connectivity index (χ2n) is 3.49. The number of benzene rings is 1. The quantitative estimate of drug-likeness (QED) is 0.667. The molecule has 0 saturated carbocycles. The van der Waals surface area contributed by atoms with Gasteiger partial charge in [-0.3, -0.25) is 4.79 Å². The van der Waals surface area contributed by atoms with Crippen molar-refractivity contribution in [3.63, 3.8) is 0 Å². The zero-order valence-corrected chi connectivity index (χ0v) is 14.8. The highest BCUT2D eigenvalue weighted by molar-refractivity contribution is 9.13. The number of hydrogen-bond donors (Lipinski definition) is 1. The Morgan fingerprint density at radius 3 is 2.58 bits per heavy atom. The van der Waals surface area contributed by atoms with E-state index in [4.69, 9.17) is 5.26 Å². The van der Waals surface area contributed by atoms with Crippen LogP contribution in [0.2, 0.25) is 0 Å². The molecule has 1 heterocycles. The maximum atomic E-state index is 12.1. The first-order chi connectivity index (χ1) is 9.01. The molecule has 0 unspecified atom stereocenters. The minimum Gasteiger partial charge on any atom is -0.320 e. The monoisotopic (exact) mass is 462 g/mol. The summed E-state index contributed by atoms with van der Waals surface area (Å²) in [5, 5.41) is 11.8. The van der Waals surface area contributed by atoms with Gasteiger partial charge in [0.15, 0.2) is 0 Å². The van der Waals surface area contributed by atoms with Crippen LogP contribution in [0.3, 0.4) is 0 Å². The molecule has 0 radical (unpaired) electrons. The molecule has 0 bridgehead atoms. The summed E-state index contributed by atoms with van der Waals surface area (Å²) in [4.78, 5) is 12.6. The number of thiophene rings is 1. The van der Waals surface area contributed by atoms with Crippen molar-refractivity contribution in [3.8, 4) is 6.07 Å². The fraction of sp³-hybridized carbons (Fsp3) is 0. The van der Waals surface area contributed by atoms with E-state index in [9.17, 15) is 4.79 Å². The Morgan fingerprint density at radius 2 is 2.00 bits per heavy atom. The lowest BCUT2D eigenvalue weighted by Gasteiger charge is -2.05. The van der Waals surface area contributed by atoms with Crippen molar-refractivity contribution in [2.45, 2.75) is 0 Å². The number of halogens is 3. The zero-order valence-electron chi connectivity index (χ0n) is 9.21. The molecular weight excluding hydrogens is 460 g/mol. The molecule has 0 aliphatic carbocycles. The second kappa shape index (κ2) is 6.18. The Morgan fingerprint density at radius 1 is 1.26 bits per heavy atom. The molecule has 0 saturated heterocycles. The van der Waals surface area contributed by atoms with Crippen LogP contribution in [0.15, 0.2) is 37.0 Å². The lowest BCUT2D eigenvalue weighted by molar-refractivity contribution is 0.103. The van der Waals surface area contributed by atoms with E-state index < -0.39 is 0 Å². The molecule has 19 heavy (non-hydrogen) atoms. The maximum absolute atomic E-state index is 12.1. The summed E-state index contributed by atoms with van der Waals surface area (Å²) in [5.41, 5.74) is 0.911. The Hall–Kier alpha value is -0.680. The molecule has 3 nitrogen and oxygen atoms in total. The molecule has 0 aliphatic heterocycles. The summed E-state index contributed by atoms with van der Waals surface area (Å²) >= 11 is 11.3. The van der Waals surface area contributed by atoms with Gasteiger partial charge >= 0.3 is 0 Å². The average molecular weight is 465 g/mol. The highest BCUT2D eigenvalue weighted by atomic mass is 79.9. The van der Waals surface area contributed by atoms with Crippen LogP contribution in [0.4, 0.5) is 5.69 Å². The van der Waals surface area contributed by atoms with Crippen molar-refractivity contribution in [2.24, 2.45) is 0 Å². The topological polar surface area (TPSA) is 52.9 Å². The van der Waals surface area contributed by atoms with Crippen LogP contribution in [-0.4, -0.2) is 5.91 Å². The molecule has 1 N–H and O–H groups in total. The van der Waals surface area contributed by atoms with Crippen molar-refractivity contribution in [1.29, 1.82) is 5.26 Å². The van der Waals surface area contributed by atoms with Gasteiger partial charge in [0, 0.05) is 8.95 Å². The SMILES string of the molecule is N#Cc1cc(Br)ccc1NC(=O)c1cc(Br)c(Br)s1. The molecule has 1 aromatic carbocycles. The highest BCUT2D eigenvalue weighted by Crippen LogP contribution is 2.33. The predicted molar refractivity (Wildman–Crippen MR) is 86.5 cm³/mol. The molecule has 0 aliphatic rings. The van der Waals surface area contributed by atoms with Gasteiger partial charge in [-0.05, 0) is 56.1 Å². The Balaban J connectivity index is 2.27. The van der Waals surface area contributed by atoms with Crippen molar-refractivity contribution in [1.82, 2.24) is 0 Å². The predicted octanol–water partition coefficient (Wildman–Crippen LogP) is 5.16. The number of rotatable bonds is 2. The molecule has 1 aromatic heterocycles. The molecule has 0 fully saturated rings. The fourth-order valence-corrected chi connectivity index (χ4v) is 3.65. The number of carbonyl (C=O) groups excluding carboxylic acids is 1. The van der Waals surface area contributed by atoms with Gasteiger partial charge in [-0.1, -0.05) is 15.9 Å². The number of nitrogens with one attached hydrogen (secondary N) is 1. The van der Waals surface area contributed by atoms with Gasteiger partial charge in [-0.2, -0.15) is 5.26 Å². The number of carbonyl (C=O) groups is 1. The normalized spacial score (nSPS) is 10.0. The third kappa shape index (κ3) is 3.45. The van der Waals surface area contributed by atoms with Gasteiger partial charge < -0.3 is 5.32 Å². The zero-order chi connectivity index (χ0) is 14.0. The van der Waals surface area contributed by atoms with E-state index in [1.807, 2.05) is 6.07 Å². The van der Waals surface area contributed by atoms with Gasteiger partial charge in [0.25, 0.3) is 5.91 Å². The second-order valence-corrected chi connectivity index (χ2v) is 7.63. The lowest BCUT2D eigenvalue weighted by Crippen LogP contribution is -2.11. The number of nitrogens with zero attached hydrogens (tertiary/aromatic N) is 1. The van der Waals surface area contributed by atoms with Gasteiger partial charge in [-0.25, -0.2) is 0 Å². The van der Waals surface area contributed by atoms with Crippen LogP contribution in [0.5, 0.6) is 0 Å². The molecule has 7 heteroatoms. The van der Waals surface area contributed by atoms with Crippen molar-refractivity contribution in [3.05, 3.63) is 47.4 Å². The summed E-state index contributed by atoms with van der Waals surface area (Å²) < 4.78 is 2.48.